The van der Waals surface area contributed by atoms with Gasteiger partial charge in [-0.15, -0.1) is 11.8 Å². The molecule has 0 aromatic heterocycles. The molecule has 1 aliphatic heterocycles. The Morgan fingerprint density at radius 3 is 2.73 bits per heavy atom. The Hall–Kier alpha value is -0.470. The number of rotatable bonds is 2. The van der Waals surface area contributed by atoms with Gasteiger partial charge in [0.1, 0.15) is 0 Å². The SMILES string of the molecule is CSC1=CC=CC=CC1C1CCNCC1. The Morgan fingerprint density at radius 2 is 2.00 bits per heavy atom. The van der Waals surface area contributed by atoms with Gasteiger partial charge in [0.25, 0.3) is 0 Å². The Morgan fingerprint density at radius 1 is 1.20 bits per heavy atom. The molecular weight excluding hydrogens is 202 g/mol. The molecule has 0 aromatic carbocycles. The standard InChI is InChI=1S/C13H19NS/c1-15-13-6-4-2-3-5-12(13)11-7-9-14-10-8-11/h2-6,11-12,14H,7-10H2,1H3. The Balaban J connectivity index is 2.10. The van der Waals surface area contributed by atoms with Gasteiger partial charge in [-0.3, -0.25) is 0 Å². The van der Waals surface area contributed by atoms with Crippen molar-refractivity contribution in [3.05, 3.63) is 35.3 Å². The molecule has 1 fully saturated rings. The molecule has 1 atom stereocenters. The topological polar surface area (TPSA) is 12.0 Å². The summed E-state index contributed by atoms with van der Waals surface area (Å²) in [6, 6.07) is 0. The van der Waals surface area contributed by atoms with Crippen LogP contribution in [0.2, 0.25) is 0 Å². The minimum Gasteiger partial charge on any atom is -0.317 e. The Kier molecular flexibility index (Phi) is 4.09. The number of nitrogens with one attached hydrogen (secondary N) is 1. The van der Waals surface area contributed by atoms with Crippen molar-refractivity contribution in [1.29, 1.82) is 0 Å². The second kappa shape index (κ2) is 5.57. The molecular formula is C13H19NS. The van der Waals surface area contributed by atoms with Gasteiger partial charge in [0.2, 0.25) is 0 Å². The number of allylic oxidation sites excluding steroid dienone is 6. The molecule has 1 nitrogen and oxygen atoms in total. The highest BCUT2D eigenvalue weighted by Gasteiger charge is 2.24. The zero-order valence-electron chi connectivity index (χ0n) is 9.28. The summed E-state index contributed by atoms with van der Waals surface area (Å²) in [6.45, 7) is 2.37. The summed E-state index contributed by atoms with van der Waals surface area (Å²) in [5.41, 5.74) is 0. The maximum Gasteiger partial charge on any atom is 0.0110 e. The highest BCUT2D eigenvalue weighted by molar-refractivity contribution is 8.02. The van der Waals surface area contributed by atoms with Gasteiger partial charge in [0, 0.05) is 5.92 Å². The molecule has 1 aliphatic carbocycles. The number of piperidine rings is 1. The fourth-order valence-electron chi connectivity index (χ4n) is 2.40. The summed E-state index contributed by atoms with van der Waals surface area (Å²) in [6.07, 6.45) is 16.0. The van der Waals surface area contributed by atoms with Gasteiger partial charge in [0.15, 0.2) is 0 Å². The molecule has 1 unspecified atom stereocenters. The van der Waals surface area contributed by atoms with Crippen molar-refractivity contribution in [3.8, 4) is 0 Å². The van der Waals surface area contributed by atoms with Crippen LogP contribution >= 0.6 is 11.8 Å². The van der Waals surface area contributed by atoms with Gasteiger partial charge in [-0.2, -0.15) is 0 Å². The summed E-state index contributed by atoms with van der Waals surface area (Å²) in [5, 5.41) is 3.44. The average Bonchev–Trinajstić information content (AvgIpc) is 2.55. The normalized spacial score (nSPS) is 27.5. The van der Waals surface area contributed by atoms with Gasteiger partial charge in [-0.1, -0.05) is 30.4 Å². The van der Waals surface area contributed by atoms with Crippen molar-refractivity contribution in [2.24, 2.45) is 11.8 Å². The molecule has 2 rings (SSSR count). The maximum absolute atomic E-state index is 3.44. The first-order valence-corrected chi connectivity index (χ1v) is 6.94. The molecule has 2 heteroatoms. The molecule has 1 heterocycles. The van der Waals surface area contributed by atoms with Crippen LogP contribution in [-0.4, -0.2) is 19.3 Å². The third-order valence-corrected chi connectivity index (χ3v) is 4.14. The van der Waals surface area contributed by atoms with E-state index in [0.717, 1.165) is 5.92 Å². The van der Waals surface area contributed by atoms with Crippen molar-refractivity contribution in [1.82, 2.24) is 5.32 Å². The van der Waals surface area contributed by atoms with Crippen LogP contribution in [0.15, 0.2) is 35.3 Å². The molecule has 15 heavy (non-hydrogen) atoms. The fraction of sp³-hybridized carbons (Fsp3) is 0.538. The number of thioether (sulfide) groups is 1. The molecule has 82 valence electrons. The highest BCUT2D eigenvalue weighted by Crippen LogP contribution is 2.35. The molecule has 0 saturated carbocycles. The molecule has 1 saturated heterocycles. The monoisotopic (exact) mass is 221 g/mol. The second-order valence-corrected chi connectivity index (χ2v) is 5.04. The third-order valence-electron chi connectivity index (χ3n) is 3.26. The van der Waals surface area contributed by atoms with Gasteiger partial charge in [0.05, 0.1) is 0 Å². The average molecular weight is 221 g/mol. The predicted octanol–water partition coefficient (Wildman–Crippen LogP) is 2.98. The van der Waals surface area contributed by atoms with Gasteiger partial charge in [-0.25, -0.2) is 0 Å². The van der Waals surface area contributed by atoms with Crippen LogP contribution in [0.1, 0.15) is 12.8 Å². The third kappa shape index (κ3) is 2.76. The summed E-state index contributed by atoms with van der Waals surface area (Å²) < 4.78 is 0. The van der Waals surface area contributed by atoms with E-state index in [1.165, 1.54) is 30.8 Å². The van der Waals surface area contributed by atoms with Crippen LogP contribution in [0.5, 0.6) is 0 Å². The number of hydrogen-bond donors (Lipinski definition) is 1. The lowest BCUT2D eigenvalue weighted by Crippen LogP contribution is -2.31. The Bertz CT molecular complexity index is 285. The molecule has 1 N–H and O–H groups in total. The van der Waals surface area contributed by atoms with Crippen molar-refractivity contribution in [3.63, 3.8) is 0 Å². The van der Waals surface area contributed by atoms with Crippen molar-refractivity contribution in [2.75, 3.05) is 19.3 Å². The summed E-state index contributed by atoms with van der Waals surface area (Å²) in [4.78, 5) is 1.52. The molecule has 0 amide bonds. The van der Waals surface area contributed by atoms with E-state index in [1.807, 2.05) is 11.8 Å². The first-order chi connectivity index (χ1) is 7.42. The van der Waals surface area contributed by atoms with E-state index in [-0.39, 0.29) is 0 Å². The van der Waals surface area contributed by atoms with Gasteiger partial charge < -0.3 is 5.32 Å². The van der Waals surface area contributed by atoms with Crippen LogP contribution < -0.4 is 5.32 Å². The lowest BCUT2D eigenvalue weighted by Gasteiger charge is -2.29. The highest BCUT2D eigenvalue weighted by atomic mass is 32.2. The zero-order chi connectivity index (χ0) is 10.5. The lowest BCUT2D eigenvalue weighted by molar-refractivity contribution is 0.330. The first-order valence-electron chi connectivity index (χ1n) is 5.71. The largest absolute Gasteiger partial charge is 0.317 e. The van der Waals surface area contributed by atoms with Gasteiger partial charge >= 0.3 is 0 Å². The van der Waals surface area contributed by atoms with Crippen molar-refractivity contribution < 1.29 is 0 Å². The maximum atomic E-state index is 3.44. The molecule has 0 radical (unpaired) electrons. The second-order valence-electron chi connectivity index (χ2n) is 4.16. The summed E-state index contributed by atoms with van der Waals surface area (Å²) >= 11 is 1.90. The van der Waals surface area contributed by atoms with E-state index >= 15 is 0 Å². The van der Waals surface area contributed by atoms with E-state index in [1.54, 1.807) is 0 Å². The van der Waals surface area contributed by atoms with E-state index < -0.39 is 0 Å². The smallest absolute Gasteiger partial charge is 0.0110 e. The van der Waals surface area contributed by atoms with E-state index in [0.29, 0.717) is 5.92 Å². The Labute approximate surface area is 96.7 Å². The number of hydrogen-bond acceptors (Lipinski definition) is 2. The van der Waals surface area contributed by atoms with E-state index in [9.17, 15) is 0 Å². The summed E-state index contributed by atoms with van der Waals surface area (Å²) in [7, 11) is 0. The van der Waals surface area contributed by atoms with Crippen LogP contribution in [0.25, 0.3) is 0 Å². The van der Waals surface area contributed by atoms with Crippen LogP contribution in [0, 0.1) is 11.8 Å². The zero-order valence-corrected chi connectivity index (χ0v) is 10.1. The van der Waals surface area contributed by atoms with Gasteiger partial charge in [-0.05, 0) is 43.0 Å². The van der Waals surface area contributed by atoms with Crippen molar-refractivity contribution in [2.45, 2.75) is 12.8 Å². The first kappa shape index (κ1) is 11.0. The molecule has 0 aromatic rings. The molecule has 2 aliphatic rings. The minimum absolute atomic E-state index is 0.650. The molecule has 0 spiro atoms. The fourth-order valence-corrected chi connectivity index (χ4v) is 3.16. The van der Waals surface area contributed by atoms with Crippen LogP contribution in [0.4, 0.5) is 0 Å². The predicted molar refractivity (Wildman–Crippen MR) is 69.0 cm³/mol. The summed E-state index contributed by atoms with van der Waals surface area (Å²) in [5.74, 6) is 1.48. The van der Waals surface area contributed by atoms with Crippen LogP contribution in [-0.2, 0) is 0 Å². The lowest BCUT2D eigenvalue weighted by atomic mass is 9.84. The minimum atomic E-state index is 0.650. The van der Waals surface area contributed by atoms with Crippen LogP contribution in [0.3, 0.4) is 0 Å². The molecule has 0 bridgehead atoms. The van der Waals surface area contributed by atoms with E-state index in [4.69, 9.17) is 0 Å². The van der Waals surface area contributed by atoms with E-state index in [2.05, 4.69) is 42.0 Å². The quantitative estimate of drug-likeness (QED) is 0.769. The van der Waals surface area contributed by atoms with Crippen molar-refractivity contribution >= 4 is 11.8 Å².